The Hall–Kier alpha value is -3.06. The fourth-order valence-electron chi connectivity index (χ4n) is 2.73. The molecule has 3 rings (SSSR count). The van der Waals surface area contributed by atoms with Gasteiger partial charge in [-0.15, -0.1) is 11.3 Å². The zero-order chi connectivity index (χ0) is 20.1. The summed E-state index contributed by atoms with van der Waals surface area (Å²) >= 11 is 1.32. The molecule has 3 aromatic rings. The third kappa shape index (κ3) is 4.61. The number of amides is 2. The lowest BCUT2D eigenvalue weighted by Crippen LogP contribution is -2.47. The monoisotopic (exact) mass is 394 g/mol. The van der Waals surface area contributed by atoms with Crippen LogP contribution in [-0.4, -0.2) is 27.8 Å². The van der Waals surface area contributed by atoms with Crippen molar-refractivity contribution >= 4 is 28.3 Å². The maximum atomic E-state index is 12.8. The van der Waals surface area contributed by atoms with E-state index < -0.39 is 6.04 Å². The van der Waals surface area contributed by atoms with E-state index in [-0.39, 0.29) is 17.7 Å². The van der Waals surface area contributed by atoms with Gasteiger partial charge in [0.1, 0.15) is 11.7 Å². The van der Waals surface area contributed by atoms with Gasteiger partial charge in [0.2, 0.25) is 5.91 Å². The first kappa shape index (κ1) is 19.7. The summed E-state index contributed by atoms with van der Waals surface area (Å²) in [5, 5.41) is 7.97. The number of aromatic nitrogens is 2. The number of thiazole rings is 1. The molecule has 0 aliphatic rings. The van der Waals surface area contributed by atoms with E-state index in [1.54, 1.807) is 18.3 Å². The quantitative estimate of drug-likeness (QED) is 0.664. The number of nitrogens with zero attached hydrogens (tertiary/aromatic N) is 2. The molecular formula is C21H22N4O2S. The minimum absolute atomic E-state index is 0.0804. The number of aryl methyl sites for hydroxylation is 1. The maximum Gasteiger partial charge on any atom is 0.252 e. The molecule has 144 valence electrons. The highest BCUT2D eigenvalue weighted by atomic mass is 32.1. The Kier molecular flexibility index (Phi) is 6.16. The van der Waals surface area contributed by atoms with Crippen LogP contribution in [0.15, 0.2) is 54.0 Å². The number of benzene rings is 1. The van der Waals surface area contributed by atoms with Crippen LogP contribution in [0.1, 0.15) is 29.8 Å². The molecule has 0 spiro atoms. The molecule has 28 heavy (non-hydrogen) atoms. The van der Waals surface area contributed by atoms with Gasteiger partial charge in [-0.1, -0.05) is 38.1 Å². The maximum absolute atomic E-state index is 12.8. The van der Waals surface area contributed by atoms with Gasteiger partial charge in [-0.3, -0.25) is 14.6 Å². The van der Waals surface area contributed by atoms with E-state index in [1.807, 2.05) is 56.5 Å². The second-order valence-corrected chi connectivity index (χ2v) is 7.61. The second-order valence-electron chi connectivity index (χ2n) is 6.75. The number of hydrogen-bond acceptors (Lipinski definition) is 5. The van der Waals surface area contributed by atoms with Crippen LogP contribution in [0, 0.1) is 12.8 Å². The molecule has 0 aliphatic heterocycles. The fraction of sp³-hybridized carbons (Fsp3) is 0.238. The third-order valence-electron chi connectivity index (χ3n) is 4.29. The van der Waals surface area contributed by atoms with Crippen molar-refractivity contribution in [1.82, 2.24) is 15.3 Å². The van der Waals surface area contributed by atoms with Crippen LogP contribution < -0.4 is 10.6 Å². The molecule has 1 aromatic carbocycles. The molecule has 0 saturated carbocycles. The van der Waals surface area contributed by atoms with E-state index in [4.69, 9.17) is 0 Å². The van der Waals surface area contributed by atoms with Gasteiger partial charge in [0.15, 0.2) is 5.13 Å². The smallest absolute Gasteiger partial charge is 0.252 e. The van der Waals surface area contributed by atoms with E-state index in [0.717, 1.165) is 11.3 Å². The van der Waals surface area contributed by atoms with Crippen molar-refractivity contribution in [3.63, 3.8) is 0 Å². The first-order chi connectivity index (χ1) is 13.5. The van der Waals surface area contributed by atoms with Crippen molar-refractivity contribution < 1.29 is 9.59 Å². The van der Waals surface area contributed by atoms with Crippen LogP contribution in [0.5, 0.6) is 0 Å². The molecule has 0 fully saturated rings. The Morgan fingerprint density at radius 1 is 1.04 bits per heavy atom. The number of carbonyl (C=O) groups is 2. The molecule has 1 atom stereocenters. The molecule has 0 bridgehead atoms. The van der Waals surface area contributed by atoms with Crippen molar-refractivity contribution in [2.75, 3.05) is 5.32 Å². The Labute approximate surface area is 168 Å². The number of carbonyl (C=O) groups excluding carboxylic acids is 2. The summed E-state index contributed by atoms with van der Waals surface area (Å²) in [7, 11) is 0. The van der Waals surface area contributed by atoms with Gasteiger partial charge in [-0.2, -0.15) is 0 Å². The fourth-order valence-corrected chi connectivity index (χ4v) is 3.44. The van der Waals surface area contributed by atoms with E-state index in [9.17, 15) is 9.59 Å². The molecule has 2 aromatic heterocycles. The molecule has 1 unspecified atom stereocenters. The second kappa shape index (κ2) is 8.75. The minimum atomic E-state index is -0.672. The number of nitrogens with one attached hydrogen (secondary N) is 2. The number of anilines is 1. The summed E-state index contributed by atoms with van der Waals surface area (Å²) < 4.78 is 0. The third-order valence-corrected chi connectivity index (χ3v) is 5.04. The predicted octanol–water partition coefficient (Wildman–Crippen LogP) is 3.91. The Morgan fingerprint density at radius 3 is 2.46 bits per heavy atom. The lowest BCUT2D eigenvalue weighted by Gasteiger charge is -2.21. The highest BCUT2D eigenvalue weighted by molar-refractivity contribution is 7.14. The molecular weight excluding hydrogens is 372 g/mol. The normalized spacial score (nSPS) is 11.9. The average molecular weight is 395 g/mol. The summed E-state index contributed by atoms with van der Waals surface area (Å²) in [6.45, 7) is 5.65. The molecule has 2 N–H and O–H groups in total. The Bertz CT molecular complexity index is 969. The van der Waals surface area contributed by atoms with Crippen LogP contribution in [0.2, 0.25) is 0 Å². The van der Waals surface area contributed by atoms with Crippen LogP contribution in [0.3, 0.4) is 0 Å². The molecule has 2 amide bonds. The molecule has 7 heteroatoms. The van der Waals surface area contributed by atoms with Crippen molar-refractivity contribution in [2.45, 2.75) is 26.8 Å². The van der Waals surface area contributed by atoms with Crippen LogP contribution >= 0.6 is 11.3 Å². The highest BCUT2D eigenvalue weighted by Crippen LogP contribution is 2.23. The van der Waals surface area contributed by atoms with Gasteiger partial charge >= 0.3 is 0 Å². The van der Waals surface area contributed by atoms with Crippen molar-refractivity contribution in [3.8, 4) is 11.4 Å². The van der Waals surface area contributed by atoms with Crippen molar-refractivity contribution in [2.24, 2.45) is 5.92 Å². The van der Waals surface area contributed by atoms with Gasteiger partial charge < -0.3 is 10.6 Å². The van der Waals surface area contributed by atoms with Crippen molar-refractivity contribution in [1.29, 1.82) is 0 Å². The van der Waals surface area contributed by atoms with E-state index in [1.165, 1.54) is 11.3 Å². The molecule has 2 heterocycles. The summed E-state index contributed by atoms with van der Waals surface area (Å²) in [4.78, 5) is 34.1. The van der Waals surface area contributed by atoms with Crippen LogP contribution in [0.4, 0.5) is 5.13 Å². The predicted molar refractivity (Wildman–Crippen MR) is 111 cm³/mol. The van der Waals surface area contributed by atoms with Crippen LogP contribution in [0.25, 0.3) is 11.4 Å². The lowest BCUT2D eigenvalue weighted by atomic mass is 10.0. The SMILES string of the molecule is Cc1ccccc1C(=O)NC(C(=O)Nc1nc(-c2ccccn2)cs1)C(C)C. The zero-order valence-electron chi connectivity index (χ0n) is 16.0. The van der Waals surface area contributed by atoms with E-state index in [2.05, 4.69) is 20.6 Å². The average Bonchev–Trinajstić information content (AvgIpc) is 3.15. The summed E-state index contributed by atoms with van der Waals surface area (Å²) in [5.41, 5.74) is 2.87. The lowest BCUT2D eigenvalue weighted by molar-refractivity contribution is -0.118. The zero-order valence-corrected chi connectivity index (χ0v) is 16.8. The topological polar surface area (TPSA) is 84.0 Å². The Morgan fingerprint density at radius 2 is 1.79 bits per heavy atom. The number of pyridine rings is 1. The van der Waals surface area contributed by atoms with Gasteiger partial charge in [0, 0.05) is 17.1 Å². The minimum Gasteiger partial charge on any atom is -0.340 e. The molecule has 0 aliphatic carbocycles. The summed E-state index contributed by atoms with van der Waals surface area (Å²) in [6, 6.07) is 12.2. The summed E-state index contributed by atoms with van der Waals surface area (Å²) in [5.74, 6) is -0.637. The van der Waals surface area contributed by atoms with E-state index in [0.29, 0.717) is 16.4 Å². The number of rotatable bonds is 6. The first-order valence-corrected chi connectivity index (χ1v) is 9.88. The van der Waals surface area contributed by atoms with E-state index >= 15 is 0 Å². The van der Waals surface area contributed by atoms with Crippen LogP contribution in [-0.2, 0) is 4.79 Å². The summed E-state index contributed by atoms with van der Waals surface area (Å²) in [6.07, 6.45) is 1.70. The standard InChI is InChI=1S/C21H22N4O2S/c1-13(2)18(24-19(26)15-9-5-4-8-14(15)3)20(27)25-21-23-17(12-28-21)16-10-6-7-11-22-16/h4-13,18H,1-3H3,(H,24,26)(H,23,25,27). The molecule has 0 saturated heterocycles. The van der Waals surface area contributed by atoms with Gasteiger partial charge in [-0.05, 0) is 36.6 Å². The Balaban J connectivity index is 1.71. The van der Waals surface area contributed by atoms with Crippen molar-refractivity contribution in [3.05, 3.63) is 65.2 Å². The number of hydrogen-bond donors (Lipinski definition) is 2. The van der Waals surface area contributed by atoms with Gasteiger partial charge in [0.25, 0.3) is 5.91 Å². The molecule has 6 nitrogen and oxygen atoms in total. The molecule has 0 radical (unpaired) electrons. The highest BCUT2D eigenvalue weighted by Gasteiger charge is 2.26. The van der Waals surface area contributed by atoms with Gasteiger partial charge in [-0.25, -0.2) is 4.98 Å². The largest absolute Gasteiger partial charge is 0.340 e. The first-order valence-electron chi connectivity index (χ1n) is 9.00. The van der Waals surface area contributed by atoms with Gasteiger partial charge in [0.05, 0.1) is 5.69 Å².